The van der Waals surface area contributed by atoms with E-state index in [1.54, 1.807) is 0 Å². The second-order valence-electron chi connectivity index (χ2n) is 6.66. The average Bonchev–Trinajstić information content (AvgIpc) is 2.56. The molecular weight excluding hydrogens is 286 g/mol. The summed E-state index contributed by atoms with van der Waals surface area (Å²) in [5.41, 5.74) is 0.859. The van der Waals surface area contributed by atoms with E-state index in [1.165, 1.54) is 19.3 Å². The van der Waals surface area contributed by atoms with Gasteiger partial charge in [0.2, 0.25) is 0 Å². The van der Waals surface area contributed by atoms with E-state index in [1.807, 2.05) is 30.3 Å². The molecule has 1 amide bonds. The topological polar surface area (TPSA) is 38.3 Å². The predicted molar refractivity (Wildman–Crippen MR) is 96.5 cm³/mol. The van der Waals surface area contributed by atoms with Gasteiger partial charge in [-0.15, -0.1) is 0 Å². The number of amides is 1. The summed E-state index contributed by atoms with van der Waals surface area (Å²) in [4.78, 5) is 12.2. The van der Waals surface area contributed by atoms with Crippen LogP contribution in [0.4, 0.5) is 4.79 Å². The van der Waals surface area contributed by atoms with Crippen molar-refractivity contribution in [3.8, 4) is 0 Å². The summed E-state index contributed by atoms with van der Waals surface area (Å²) in [6, 6.07) is 9.80. The second kappa shape index (κ2) is 11.1. The molecule has 23 heavy (non-hydrogen) atoms. The van der Waals surface area contributed by atoms with Crippen LogP contribution < -0.4 is 5.32 Å². The Morgan fingerprint density at radius 3 is 2.30 bits per heavy atom. The Morgan fingerprint density at radius 1 is 1.00 bits per heavy atom. The number of hydrogen-bond donors (Lipinski definition) is 1. The van der Waals surface area contributed by atoms with Crippen LogP contribution in [0.1, 0.15) is 77.7 Å². The highest BCUT2D eigenvalue weighted by atomic mass is 16.5. The predicted octanol–water partition coefficient (Wildman–Crippen LogP) is 5.83. The number of hydrogen-bond acceptors (Lipinski definition) is 2. The minimum atomic E-state index is -0.303. The molecule has 0 saturated carbocycles. The summed E-state index contributed by atoms with van der Waals surface area (Å²) >= 11 is 0. The minimum Gasteiger partial charge on any atom is -0.445 e. The van der Waals surface area contributed by atoms with Crippen LogP contribution in [-0.4, -0.2) is 11.6 Å². The lowest BCUT2D eigenvalue weighted by Gasteiger charge is -2.30. The first-order valence-corrected chi connectivity index (χ1v) is 9.08. The number of alkyl carbamates (subject to hydrolysis) is 1. The number of carbonyl (C=O) groups excluding carboxylic acids is 1. The highest BCUT2D eigenvalue weighted by Gasteiger charge is 2.25. The maximum atomic E-state index is 12.2. The summed E-state index contributed by atoms with van der Waals surface area (Å²) in [6.45, 7) is 6.88. The quantitative estimate of drug-likeness (QED) is 0.521. The fourth-order valence-corrected chi connectivity index (χ4v) is 2.76. The maximum Gasteiger partial charge on any atom is 0.407 e. The SMILES string of the molecule is CCCCCCC(C)(CCCC)NC(=O)OCc1ccccc1. The molecule has 1 unspecified atom stereocenters. The monoisotopic (exact) mass is 319 g/mol. The molecule has 1 aromatic carbocycles. The fourth-order valence-electron chi connectivity index (χ4n) is 2.76. The summed E-state index contributed by atoms with van der Waals surface area (Å²) in [6.07, 6.45) is 8.90. The van der Waals surface area contributed by atoms with Crippen molar-refractivity contribution < 1.29 is 9.53 Å². The highest BCUT2D eigenvalue weighted by molar-refractivity contribution is 5.68. The van der Waals surface area contributed by atoms with Crippen LogP contribution in [-0.2, 0) is 11.3 Å². The number of ether oxygens (including phenoxy) is 1. The Labute approximate surface area is 141 Å². The van der Waals surface area contributed by atoms with Crippen molar-refractivity contribution in [3.63, 3.8) is 0 Å². The van der Waals surface area contributed by atoms with Crippen LogP contribution in [0.25, 0.3) is 0 Å². The van der Waals surface area contributed by atoms with Crippen LogP contribution in [0.3, 0.4) is 0 Å². The molecule has 130 valence electrons. The normalized spacial score (nSPS) is 13.3. The molecule has 0 radical (unpaired) electrons. The lowest BCUT2D eigenvalue weighted by molar-refractivity contribution is 0.124. The number of rotatable bonds is 11. The maximum absolute atomic E-state index is 12.2. The molecule has 3 heteroatoms. The molecule has 0 saturated heterocycles. The summed E-state index contributed by atoms with van der Waals surface area (Å²) in [5.74, 6) is 0. The Morgan fingerprint density at radius 2 is 1.65 bits per heavy atom. The van der Waals surface area contributed by atoms with E-state index in [2.05, 4.69) is 26.1 Å². The van der Waals surface area contributed by atoms with E-state index in [0.29, 0.717) is 6.61 Å². The molecule has 0 aliphatic rings. The van der Waals surface area contributed by atoms with Crippen LogP contribution in [0.2, 0.25) is 0 Å². The van der Waals surface area contributed by atoms with Crippen molar-refractivity contribution in [1.29, 1.82) is 0 Å². The summed E-state index contributed by atoms with van der Waals surface area (Å²) in [5, 5.41) is 3.11. The van der Waals surface area contributed by atoms with Gasteiger partial charge in [0.25, 0.3) is 0 Å². The van der Waals surface area contributed by atoms with Gasteiger partial charge in [0.1, 0.15) is 6.61 Å². The minimum absolute atomic E-state index is 0.155. The van der Waals surface area contributed by atoms with Crippen molar-refractivity contribution in [2.45, 2.75) is 84.3 Å². The van der Waals surface area contributed by atoms with E-state index in [4.69, 9.17) is 4.74 Å². The third-order valence-corrected chi connectivity index (χ3v) is 4.28. The van der Waals surface area contributed by atoms with Gasteiger partial charge in [-0.1, -0.05) is 82.7 Å². The van der Waals surface area contributed by atoms with Gasteiger partial charge >= 0.3 is 6.09 Å². The Kier molecular flexibility index (Phi) is 9.42. The van der Waals surface area contributed by atoms with E-state index in [-0.39, 0.29) is 11.6 Å². The van der Waals surface area contributed by atoms with Crippen molar-refractivity contribution in [1.82, 2.24) is 5.32 Å². The molecule has 0 fully saturated rings. The summed E-state index contributed by atoms with van der Waals surface area (Å²) in [7, 11) is 0. The van der Waals surface area contributed by atoms with E-state index >= 15 is 0 Å². The molecule has 1 atom stereocenters. The first kappa shape index (κ1) is 19.5. The average molecular weight is 319 g/mol. The third kappa shape index (κ3) is 8.63. The second-order valence-corrected chi connectivity index (χ2v) is 6.66. The number of unbranched alkanes of at least 4 members (excludes halogenated alkanes) is 4. The smallest absolute Gasteiger partial charge is 0.407 e. The molecule has 1 N–H and O–H groups in total. The van der Waals surface area contributed by atoms with Crippen molar-refractivity contribution >= 4 is 6.09 Å². The van der Waals surface area contributed by atoms with Gasteiger partial charge in [-0.25, -0.2) is 4.79 Å². The molecule has 1 rings (SSSR count). The number of benzene rings is 1. The molecule has 0 heterocycles. The Hall–Kier alpha value is -1.51. The lowest BCUT2D eigenvalue weighted by Crippen LogP contribution is -2.46. The zero-order valence-electron chi connectivity index (χ0n) is 15.1. The third-order valence-electron chi connectivity index (χ3n) is 4.28. The molecule has 1 aromatic rings. The standard InChI is InChI=1S/C20H33NO2/c1-4-6-8-12-16-20(3,15-7-5-2)21-19(22)23-17-18-13-10-9-11-14-18/h9-11,13-14H,4-8,12,15-17H2,1-3H3,(H,21,22). The van der Waals surface area contributed by atoms with Crippen molar-refractivity contribution in [3.05, 3.63) is 35.9 Å². The van der Waals surface area contributed by atoms with Crippen molar-refractivity contribution in [2.24, 2.45) is 0 Å². The van der Waals surface area contributed by atoms with E-state index < -0.39 is 0 Å². The van der Waals surface area contributed by atoms with Crippen LogP contribution in [0.5, 0.6) is 0 Å². The molecule has 0 aliphatic carbocycles. The van der Waals surface area contributed by atoms with Crippen molar-refractivity contribution in [2.75, 3.05) is 0 Å². The highest BCUT2D eigenvalue weighted by Crippen LogP contribution is 2.22. The van der Waals surface area contributed by atoms with E-state index in [9.17, 15) is 4.79 Å². The van der Waals surface area contributed by atoms with E-state index in [0.717, 1.165) is 37.7 Å². The van der Waals surface area contributed by atoms with Gasteiger partial charge in [-0.3, -0.25) is 0 Å². The molecular formula is C20H33NO2. The van der Waals surface area contributed by atoms with Gasteiger partial charge in [-0.05, 0) is 25.3 Å². The number of nitrogens with one attached hydrogen (secondary N) is 1. The first-order chi connectivity index (χ1) is 11.1. The zero-order chi connectivity index (χ0) is 17.0. The van der Waals surface area contributed by atoms with Gasteiger partial charge in [0.15, 0.2) is 0 Å². The zero-order valence-corrected chi connectivity index (χ0v) is 15.1. The molecule has 0 aliphatic heterocycles. The Bertz CT molecular complexity index is 433. The van der Waals surface area contributed by atoms with Gasteiger partial charge in [0.05, 0.1) is 0 Å². The summed E-state index contributed by atoms with van der Waals surface area (Å²) < 4.78 is 5.38. The van der Waals surface area contributed by atoms with Gasteiger partial charge in [0, 0.05) is 5.54 Å². The first-order valence-electron chi connectivity index (χ1n) is 9.08. The molecule has 3 nitrogen and oxygen atoms in total. The number of carbonyl (C=O) groups is 1. The largest absolute Gasteiger partial charge is 0.445 e. The van der Waals surface area contributed by atoms with Gasteiger partial charge in [-0.2, -0.15) is 0 Å². The Balaban J connectivity index is 2.45. The lowest BCUT2D eigenvalue weighted by atomic mass is 9.89. The van der Waals surface area contributed by atoms with Gasteiger partial charge < -0.3 is 10.1 Å². The van der Waals surface area contributed by atoms with Crippen LogP contribution >= 0.6 is 0 Å². The van der Waals surface area contributed by atoms with Crippen LogP contribution in [0, 0.1) is 0 Å². The molecule has 0 spiro atoms. The molecule has 0 aromatic heterocycles. The fraction of sp³-hybridized carbons (Fsp3) is 0.650. The molecule has 0 bridgehead atoms. The van der Waals surface area contributed by atoms with Crippen LogP contribution in [0.15, 0.2) is 30.3 Å².